The minimum absolute atomic E-state index is 0.335. The molecule has 0 saturated carbocycles. The van der Waals surface area contributed by atoms with Crippen molar-refractivity contribution < 1.29 is 9.18 Å². The number of H-pyrrole nitrogens is 1. The van der Waals surface area contributed by atoms with Crippen molar-refractivity contribution in [3.05, 3.63) is 83.6 Å². The number of nitrogens with zero attached hydrogens (tertiary/aromatic N) is 3. The van der Waals surface area contributed by atoms with Crippen molar-refractivity contribution in [1.82, 2.24) is 19.5 Å². The van der Waals surface area contributed by atoms with Crippen molar-refractivity contribution in [2.75, 3.05) is 5.32 Å². The van der Waals surface area contributed by atoms with Gasteiger partial charge in [0, 0.05) is 33.2 Å². The summed E-state index contributed by atoms with van der Waals surface area (Å²) in [6.45, 7) is 2.01. The van der Waals surface area contributed by atoms with Crippen LogP contribution in [-0.4, -0.2) is 25.4 Å². The highest BCUT2D eigenvalue weighted by molar-refractivity contribution is 7.14. The molecule has 0 fully saturated rings. The maximum absolute atomic E-state index is 13.2. The molecule has 148 valence electrons. The van der Waals surface area contributed by atoms with E-state index in [9.17, 15) is 9.18 Å². The van der Waals surface area contributed by atoms with E-state index in [1.54, 1.807) is 16.7 Å². The van der Waals surface area contributed by atoms with Gasteiger partial charge in [0.05, 0.1) is 18.2 Å². The number of aromatic amines is 1. The normalized spacial score (nSPS) is 11.1. The van der Waals surface area contributed by atoms with Crippen molar-refractivity contribution in [3.63, 3.8) is 0 Å². The van der Waals surface area contributed by atoms with Gasteiger partial charge in [0.15, 0.2) is 5.13 Å². The molecule has 0 spiro atoms. The van der Waals surface area contributed by atoms with Crippen LogP contribution in [0.3, 0.4) is 0 Å². The Balaban J connectivity index is 1.42. The minimum atomic E-state index is -0.340. The Bertz CT molecular complexity index is 1370. The average Bonchev–Trinajstić information content (AvgIpc) is 3.46. The van der Waals surface area contributed by atoms with Crippen LogP contribution < -0.4 is 5.32 Å². The van der Waals surface area contributed by atoms with Gasteiger partial charge in [0.2, 0.25) is 0 Å². The standard InChI is InChI=1S/C22H16FN5OS/c1-13-20(16-4-2-3-5-17(16)25-13)18-11-30-22(26-18)27-21(29)19-10-24-12-28(19)15-8-6-14(23)7-9-15/h2-12,25H,1H3,(H,26,27,29). The molecule has 0 bridgehead atoms. The molecule has 5 aromatic rings. The van der Waals surface area contributed by atoms with Crippen LogP contribution in [0.25, 0.3) is 27.8 Å². The van der Waals surface area contributed by atoms with Crippen LogP contribution >= 0.6 is 11.3 Å². The zero-order valence-corrected chi connectivity index (χ0v) is 16.7. The molecule has 1 amide bonds. The van der Waals surface area contributed by atoms with Crippen molar-refractivity contribution in [2.45, 2.75) is 6.92 Å². The second-order valence-corrected chi connectivity index (χ2v) is 7.65. The molecule has 0 unspecified atom stereocenters. The van der Waals surface area contributed by atoms with E-state index in [1.165, 1.54) is 36.0 Å². The summed E-state index contributed by atoms with van der Waals surface area (Å²) in [4.78, 5) is 24.9. The number of para-hydroxylation sites is 1. The van der Waals surface area contributed by atoms with Crippen molar-refractivity contribution >= 4 is 33.3 Å². The van der Waals surface area contributed by atoms with Gasteiger partial charge in [-0.3, -0.25) is 14.7 Å². The molecule has 5 rings (SSSR count). The predicted octanol–water partition coefficient (Wildman–Crippen LogP) is 5.18. The third-order valence-corrected chi connectivity index (χ3v) is 5.61. The molecule has 0 aliphatic rings. The molecule has 0 aliphatic heterocycles. The first kappa shape index (κ1) is 18.3. The van der Waals surface area contributed by atoms with Gasteiger partial charge in [-0.1, -0.05) is 18.2 Å². The van der Waals surface area contributed by atoms with E-state index in [-0.39, 0.29) is 11.7 Å². The minimum Gasteiger partial charge on any atom is -0.358 e. The summed E-state index contributed by atoms with van der Waals surface area (Å²) in [5.41, 5.74) is 4.88. The topological polar surface area (TPSA) is 75.6 Å². The Kier molecular flexibility index (Phi) is 4.40. The summed E-state index contributed by atoms with van der Waals surface area (Å²) < 4.78 is 14.8. The van der Waals surface area contributed by atoms with Crippen molar-refractivity contribution in [3.8, 4) is 16.9 Å². The molecular weight excluding hydrogens is 401 g/mol. The molecule has 0 aliphatic carbocycles. The van der Waals surface area contributed by atoms with Crippen LogP contribution in [0.15, 0.2) is 66.4 Å². The highest BCUT2D eigenvalue weighted by Crippen LogP contribution is 2.34. The number of aryl methyl sites for hydroxylation is 1. The Morgan fingerprint density at radius 2 is 1.97 bits per heavy atom. The summed E-state index contributed by atoms with van der Waals surface area (Å²) in [7, 11) is 0. The lowest BCUT2D eigenvalue weighted by Crippen LogP contribution is -2.16. The second kappa shape index (κ2) is 7.23. The van der Waals surface area contributed by atoms with Crippen molar-refractivity contribution in [1.29, 1.82) is 0 Å². The number of amides is 1. The molecule has 0 atom stereocenters. The molecule has 30 heavy (non-hydrogen) atoms. The molecule has 0 saturated heterocycles. The van der Waals surface area contributed by atoms with Gasteiger partial charge in [0.25, 0.3) is 5.91 Å². The highest BCUT2D eigenvalue weighted by Gasteiger charge is 2.17. The largest absolute Gasteiger partial charge is 0.358 e. The number of aromatic nitrogens is 4. The Morgan fingerprint density at radius 1 is 1.17 bits per heavy atom. The average molecular weight is 417 g/mol. The summed E-state index contributed by atoms with van der Waals surface area (Å²) in [5.74, 6) is -0.680. The van der Waals surface area contributed by atoms with Crippen LogP contribution in [-0.2, 0) is 0 Å². The number of rotatable bonds is 4. The maximum atomic E-state index is 13.2. The first-order valence-corrected chi connectivity index (χ1v) is 10.1. The zero-order valence-electron chi connectivity index (χ0n) is 15.9. The third kappa shape index (κ3) is 3.17. The van der Waals surface area contributed by atoms with Crippen LogP contribution in [0.4, 0.5) is 9.52 Å². The Morgan fingerprint density at radius 3 is 2.80 bits per heavy atom. The number of halogens is 1. The molecule has 3 aromatic heterocycles. The lowest BCUT2D eigenvalue weighted by atomic mass is 10.1. The summed E-state index contributed by atoms with van der Waals surface area (Å²) in [5, 5.41) is 6.35. The number of anilines is 1. The van der Waals surface area contributed by atoms with E-state index in [2.05, 4.69) is 20.3 Å². The maximum Gasteiger partial charge on any atom is 0.276 e. The Labute approximate surface area is 175 Å². The Hall–Kier alpha value is -3.78. The molecule has 3 heterocycles. The summed E-state index contributed by atoms with van der Waals surface area (Å²) in [6, 6.07) is 13.9. The number of imidazole rings is 1. The quantitative estimate of drug-likeness (QED) is 0.423. The fourth-order valence-corrected chi connectivity index (χ4v) is 4.18. The van der Waals surface area contributed by atoms with Gasteiger partial charge in [0.1, 0.15) is 11.5 Å². The fourth-order valence-electron chi connectivity index (χ4n) is 3.48. The highest BCUT2D eigenvalue weighted by atomic mass is 32.1. The van der Waals surface area contributed by atoms with Crippen molar-refractivity contribution in [2.24, 2.45) is 0 Å². The first-order valence-electron chi connectivity index (χ1n) is 9.23. The lowest BCUT2D eigenvalue weighted by molar-refractivity contribution is 0.102. The van der Waals surface area contributed by atoms with E-state index in [0.717, 1.165) is 27.9 Å². The smallest absolute Gasteiger partial charge is 0.276 e. The van der Waals surface area contributed by atoms with E-state index < -0.39 is 0 Å². The molecule has 8 heteroatoms. The number of carbonyl (C=O) groups excluding carboxylic acids is 1. The van der Waals surface area contributed by atoms with Crippen LogP contribution in [0.2, 0.25) is 0 Å². The van der Waals surface area contributed by atoms with Gasteiger partial charge < -0.3 is 4.98 Å². The van der Waals surface area contributed by atoms with E-state index in [1.807, 2.05) is 36.6 Å². The number of hydrogen-bond acceptors (Lipinski definition) is 4. The number of fused-ring (bicyclic) bond motifs is 1. The summed E-state index contributed by atoms with van der Waals surface area (Å²) in [6.07, 6.45) is 2.99. The van der Waals surface area contributed by atoms with E-state index >= 15 is 0 Å². The zero-order chi connectivity index (χ0) is 20.7. The first-order chi connectivity index (χ1) is 14.6. The molecule has 0 radical (unpaired) electrons. The van der Waals surface area contributed by atoms with Gasteiger partial charge in [-0.25, -0.2) is 14.4 Å². The lowest BCUT2D eigenvalue weighted by Gasteiger charge is -2.07. The summed E-state index contributed by atoms with van der Waals surface area (Å²) >= 11 is 1.36. The SMILES string of the molecule is Cc1[nH]c2ccccc2c1-c1csc(NC(=O)c2cncn2-c2ccc(F)cc2)n1. The van der Waals surface area contributed by atoms with Gasteiger partial charge in [-0.05, 0) is 37.3 Å². The number of thiazole rings is 1. The van der Waals surface area contributed by atoms with Crippen LogP contribution in [0, 0.1) is 12.7 Å². The van der Waals surface area contributed by atoms with E-state index in [4.69, 9.17) is 0 Å². The monoisotopic (exact) mass is 417 g/mol. The molecule has 6 nitrogen and oxygen atoms in total. The molecular formula is C22H16FN5OS. The van der Waals surface area contributed by atoms with Gasteiger partial charge in [-0.15, -0.1) is 11.3 Å². The number of carbonyl (C=O) groups is 1. The van der Waals surface area contributed by atoms with Crippen LogP contribution in [0.5, 0.6) is 0 Å². The number of nitrogens with one attached hydrogen (secondary N) is 2. The molecule has 2 N–H and O–H groups in total. The molecule has 2 aromatic carbocycles. The predicted molar refractivity (Wildman–Crippen MR) is 116 cm³/mol. The van der Waals surface area contributed by atoms with Gasteiger partial charge >= 0.3 is 0 Å². The second-order valence-electron chi connectivity index (χ2n) is 6.79. The van der Waals surface area contributed by atoms with Gasteiger partial charge in [-0.2, -0.15) is 0 Å². The number of hydrogen-bond donors (Lipinski definition) is 2. The fraction of sp³-hybridized carbons (Fsp3) is 0.0455. The van der Waals surface area contributed by atoms with E-state index in [0.29, 0.717) is 16.5 Å². The number of benzene rings is 2. The van der Waals surface area contributed by atoms with Crippen LogP contribution in [0.1, 0.15) is 16.2 Å². The third-order valence-electron chi connectivity index (χ3n) is 4.85.